The Morgan fingerprint density at radius 1 is 1.33 bits per heavy atom. The number of hydrogen-bond donors (Lipinski definition) is 2. The lowest BCUT2D eigenvalue weighted by Gasteiger charge is -2.17. The summed E-state index contributed by atoms with van der Waals surface area (Å²) in [5.41, 5.74) is 4.25. The van der Waals surface area contributed by atoms with Gasteiger partial charge in [0.05, 0.1) is 18.3 Å². The van der Waals surface area contributed by atoms with Crippen LogP contribution in [-0.4, -0.2) is 21.5 Å². The molecular weight excluding hydrogens is 286 g/mol. The number of rotatable bonds is 6. The first-order valence-electron chi connectivity index (χ1n) is 7.17. The Labute approximate surface area is 130 Å². The fraction of sp³-hybridized carbons (Fsp3) is 0.438. The minimum Gasteiger partial charge on any atom is -0.394 e. The number of aromatic nitrogens is 2. The molecule has 1 heterocycles. The SMILES string of the molecule is CCc1ccc(C(CO)NCc2c(C)nn(C)c2Cl)cc1. The van der Waals surface area contributed by atoms with Crippen LogP contribution < -0.4 is 5.32 Å². The molecule has 5 heteroatoms. The predicted octanol–water partition coefficient (Wildman–Crippen LogP) is 2.77. The van der Waals surface area contributed by atoms with E-state index in [1.165, 1.54) is 5.56 Å². The van der Waals surface area contributed by atoms with Gasteiger partial charge in [-0.25, -0.2) is 0 Å². The molecule has 1 atom stereocenters. The standard InChI is InChI=1S/C16H22ClN3O/c1-4-12-5-7-13(8-6-12)15(10-21)18-9-14-11(2)19-20(3)16(14)17/h5-8,15,18,21H,4,9-10H2,1-3H3. The van der Waals surface area contributed by atoms with Crippen molar-refractivity contribution in [2.75, 3.05) is 6.61 Å². The lowest BCUT2D eigenvalue weighted by molar-refractivity contribution is 0.243. The summed E-state index contributed by atoms with van der Waals surface area (Å²) in [6.45, 7) is 4.69. The third-order valence-corrected chi connectivity index (χ3v) is 4.24. The van der Waals surface area contributed by atoms with E-state index in [2.05, 4.69) is 41.6 Å². The molecule has 0 amide bonds. The van der Waals surface area contributed by atoms with E-state index in [4.69, 9.17) is 11.6 Å². The van der Waals surface area contributed by atoms with Crippen molar-refractivity contribution < 1.29 is 5.11 Å². The van der Waals surface area contributed by atoms with Crippen LogP contribution in [0.15, 0.2) is 24.3 Å². The molecule has 21 heavy (non-hydrogen) atoms. The van der Waals surface area contributed by atoms with Gasteiger partial charge in [0.15, 0.2) is 0 Å². The number of hydrogen-bond acceptors (Lipinski definition) is 3. The van der Waals surface area contributed by atoms with Gasteiger partial charge in [-0.05, 0) is 24.5 Å². The second-order valence-corrected chi connectivity index (χ2v) is 5.55. The quantitative estimate of drug-likeness (QED) is 0.863. The van der Waals surface area contributed by atoms with Crippen molar-refractivity contribution >= 4 is 11.6 Å². The van der Waals surface area contributed by atoms with Crippen LogP contribution in [0.1, 0.15) is 35.3 Å². The van der Waals surface area contributed by atoms with E-state index in [0.717, 1.165) is 23.2 Å². The van der Waals surface area contributed by atoms with Gasteiger partial charge in [-0.2, -0.15) is 5.10 Å². The van der Waals surface area contributed by atoms with Crippen LogP contribution in [0.3, 0.4) is 0 Å². The largest absolute Gasteiger partial charge is 0.394 e. The molecule has 0 bridgehead atoms. The fourth-order valence-electron chi connectivity index (χ4n) is 2.37. The Kier molecular flexibility index (Phi) is 5.39. The molecule has 1 aromatic carbocycles. The predicted molar refractivity (Wildman–Crippen MR) is 85.4 cm³/mol. The van der Waals surface area contributed by atoms with Gasteiger partial charge in [-0.1, -0.05) is 42.8 Å². The average molecular weight is 308 g/mol. The number of nitrogens with zero attached hydrogens (tertiary/aromatic N) is 2. The van der Waals surface area contributed by atoms with Crippen molar-refractivity contribution in [3.8, 4) is 0 Å². The van der Waals surface area contributed by atoms with Crippen LogP contribution in [-0.2, 0) is 20.0 Å². The van der Waals surface area contributed by atoms with E-state index in [1.54, 1.807) is 4.68 Å². The number of aliphatic hydroxyl groups is 1. The molecule has 114 valence electrons. The van der Waals surface area contributed by atoms with Crippen molar-refractivity contribution in [2.45, 2.75) is 32.9 Å². The highest BCUT2D eigenvalue weighted by Gasteiger charge is 2.14. The Morgan fingerprint density at radius 2 is 2.00 bits per heavy atom. The fourth-order valence-corrected chi connectivity index (χ4v) is 2.61. The minimum absolute atomic E-state index is 0.0440. The van der Waals surface area contributed by atoms with Crippen LogP contribution in [0, 0.1) is 6.92 Å². The maximum Gasteiger partial charge on any atom is 0.131 e. The molecule has 0 aliphatic carbocycles. The van der Waals surface area contributed by atoms with E-state index < -0.39 is 0 Å². The van der Waals surface area contributed by atoms with Gasteiger partial charge in [-0.3, -0.25) is 4.68 Å². The summed E-state index contributed by atoms with van der Waals surface area (Å²) >= 11 is 6.22. The molecule has 4 nitrogen and oxygen atoms in total. The smallest absolute Gasteiger partial charge is 0.131 e. The van der Waals surface area contributed by atoms with E-state index in [0.29, 0.717) is 11.7 Å². The molecule has 0 radical (unpaired) electrons. The van der Waals surface area contributed by atoms with E-state index in [9.17, 15) is 5.11 Å². The Balaban J connectivity index is 2.08. The van der Waals surface area contributed by atoms with Crippen LogP contribution in [0.2, 0.25) is 5.15 Å². The second kappa shape index (κ2) is 7.07. The zero-order valence-electron chi connectivity index (χ0n) is 12.7. The third-order valence-electron chi connectivity index (χ3n) is 3.77. The van der Waals surface area contributed by atoms with Crippen molar-refractivity contribution in [3.63, 3.8) is 0 Å². The van der Waals surface area contributed by atoms with Gasteiger partial charge in [0.25, 0.3) is 0 Å². The molecule has 0 aliphatic rings. The monoisotopic (exact) mass is 307 g/mol. The molecule has 2 N–H and O–H groups in total. The first-order valence-corrected chi connectivity index (χ1v) is 7.55. The zero-order chi connectivity index (χ0) is 15.4. The molecule has 2 aromatic rings. The lowest BCUT2D eigenvalue weighted by Crippen LogP contribution is -2.24. The van der Waals surface area contributed by atoms with Gasteiger partial charge >= 0.3 is 0 Å². The van der Waals surface area contributed by atoms with E-state index in [-0.39, 0.29) is 12.6 Å². The molecule has 0 saturated heterocycles. The molecule has 0 saturated carbocycles. The first kappa shape index (κ1) is 16.0. The number of halogens is 1. The summed E-state index contributed by atoms with van der Waals surface area (Å²) in [6, 6.07) is 8.21. The average Bonchev–Trinajstić information content (AvgIpc) is 2.74. The summed E-state index contributed by atoms with van der Waals surface area (Å²) in [4.78, 5) is 0. The van der Waals surface area contributed by atoms with Crippen LogP contribution in [0.5, 0.6) is 0 Å². The summed E-state index contributed by atoms with van der Waals surface area (Å²) in [7, 11) is 1.83. The van der Waals surface area contributed by atoms with E-state index in [1.807, 2.05) is 14.0 Å². The topological polar surface area (TPSA) is 50.1 Å². The summed E-state index contributed by atoms with van der Waals surface area (Å²) < 4.78 is 1.66. The second-order valence-electron chi connectivity index (χ2n) is 5.19. The van der Waals surface area contributed by atoms with Gasteiger partial charge in [0.1, 0.15) is 5.15 Å². The van der Waals surface area contributed by atoms with Gasteiger partial charge in [0.2, 0.25) is 0 Å². The Hall–Kier alpha value is -1.36. The van der Waals surface area contributed by atoms with Gasteiger partial charge < -0.3 is 10.4 Å². The maximum absolute atomic E-state index is 9.61. The normalized spacial score (nSPS) is 12.6. The number of nitrogens with one attached hydrogen (secondary N) is 1. The van der Waals surface area contributed by atoms with Gasteiger partial charge in [0, 0.05) is 19.2 Å². The first-order chi connectivity index (χ1) is 10.1. The Morgan fingerprint density at radius 3 is 2.48 bits per heavy atom. The molecule has 0 spiro atoms. The van der Waals surface area contributed by atoms with E-state index >= 15 is 0 Å². The van der Waals surface area contributed by atoms with Crippen molar-refractivity contribution in [3.05, 3.63) is 51.8 Å². The number of aliphatic hydroxyl groups excluding tert-OH is 1. The molecule has 2 rings (SSSR count). The van der Waals surface area contributed by atoms with Crippen molar-refractivity contribution in [2.24, 2.45) is 7.05 Å². The summed E-state index contributed by atoms with van der Waals surface area (Å²) in [5.74, 6) is 0. The summed E-state index contributed by atoms with van der Waals surface area (Å²) in [5, 5.41) is 17.9. The van der Waals surface area contributed by atoms with Crippen molar-refractivity contribution in [1.29, 1.82) is 0 Å². The van der Waals surface area contributed by atoms with Crippen LogP contribution >= 0.6 is 11.6 Å². The summed E-state index contributed by atoms with van der Waals surface area (Å²) in [6.07, 6.45) is 1.02. The zero-order valence-corrected chi connectivity index (χ0v) is 13.5. The molecule has 1 unspecified atom stereocenters. The third kappa shape index (κ3) is 3.64. The molecule has 0 aliphatic heterocycles. The maximum atomic E-state index is 9.61. The highest BCUT2D eigenvalue weighted by Crippen LogP contribution is 2.20. The molecule has 0 fully saturated rings. The number of benzene rings is 1. The van der Waals surface area contributed by atoms with Crippen molar-refractivity contribution in [1.82, 2.24) is 15.1 Å². The Bertz CT molecular complexity index is 592. The molecular formula is C16H22ClN3O. The lowest BCUT2D eigenvalue weighted by atomic mass is 10.0. The number of aryl methyl sites for hydroxylation is 3. The van der Waals surface area contributed by atoms with Crippen LogP contribution in [0.25, 0.3) is 0 Å². The highest BCUT2D eigenvalue weighted by atomic mass is 35.5. The van der Waals surface area contributed by atoms with Gasteiger partial charge in [-0.15, -0.1) is 0 Å². The van der Waals surface area contributed by atoms with Crippen LogP contribution in [0.4, 0.5) is 0 Å². The highest BCUT2D eigenvalue weighted by molar-refractivity contribution is 6.30. The molecule has 1 aromatic heterocycles. The minimum atomic E-state index is -0.105.